The molecule has 76 valence electrons. The van der Waals surface area contributed by atoms with Crippen LogP contribution in [0.5, 0.6) is 0 Å². The van der Waals surface area contributed by atoms with E-state index < -0.39 is 0 Å². The lowest BCUT2D eigenvalue weighted by Crippen LogP contribution is -2.28. The Morgan fingerprint density at radius 1 is 1.64 bits per heavy atom. The summed E-state index contributed by atoms with van der Waals surface area (Å²) < 4.78 is 4.26. The lowest BCUT2D eigenvalue weighted by molar-refractivity contribution is 0.804. The van der Waals surface area contributed by atoms with Crippen molar-refractivity contribution in [3.63, 3.8) is 0 Å². The van der Waals surface area contributed by atoms with Gasteiger partial charge in [-0.25, -0.2) is 4.98 Å². The number of nitrogens with zero attached hydrogens (tertiary/aromatic N) is 3. The molecule has 1 aliphatic heterocycles. The molecule has 0 aromatic carbocycles. The summed E-state index contributed by atoms with van der Waals surface area (Å²) in [6.07, 6.45) is 3.97. The van der Waals surface area contributed by atoms with Crippen LogP contribution >= 0.6 is 23.1 Å². The minimum Gasteiger partial charge on any atom is -0.341 e. The van der Waals surface area contributed by atoms with Crippen molar-refractivity contribution in [2.45, 2.75) is 19.8 Å². The lowest BCUT2D eigenvalue weighted by Gasteiger charge is -2.23. The molecular formula is C9H12ClN3S. The van der Waals surface area contributed by atoms with Gasteiger partial charge in [-0.3, -0.25) is 0 Å². The van der Waals surface area contributed by atoms with Gasteiger partial charge in [0, 0.05) is 29.5 Å². The molecule has 2 heterocycles. The number of aryl methyl sites for hydroxylation is 1. The molecule has 2 rings (SSSR count). The van der Waals surface area contributed by atoms with Crippen molar-refractivity contribution < 1.29 is 0 Å². The van der Waals surface area contributed by atoms with Gasteiger partial charge in [-0.1, -0.05) is 24.6 Å². The van der Waals surface area contributed by atoms with E-state index in [-0.39, 0.29) is 0 Å². The van der Waals surface area contributed by atoms with Crippen LogP contribution in [-0.2, 0) is 6.42 Å². The van der Waals surface area contributed by atoms with Crippen molar-refractivity contribution in [2.75, 3.05) is 18.0 Å². The number of anilines is 1. The van der Waals surface area contributed by atoms with E-state index in [0.29, 0.717) is 0 Å². The van der Waals surface area contributed by atoms with Crippen molar-refractivity contribution in [2.24, 2.45) is 0 Å². The molecule has 1 aromatic heterocycles. The monoisotopic (exact) mass is 229 g/mol. The zero-order valence-electron chi connectivity index (χ0n) is 8.03. The first-order valence-corrected chi connectivity index (χ1v) is 5.87. The summed E-state index contributed by atoms with van der Waals surface area (Å²) in [5, 5.41) is 1.90. The fraction of sp³-hybridized carbons (Fsp3) is 0.556. The third-order valence-corrected chi connectivity index (χ3v) is 3.24. The highest BCUT2D eigenvalue weighted by Crippen LogP contribution is 2.22. The molecule has 0 spiro atoms. The van der Waals surface area contributed by atoms with Gasteiger partial charge >= 0.3 is 0 Å². The van der Waals surface area contributed by atoms with Gasteiger partial charge in [-0.15, -0.1) is 0 Å². The lowest BCUT2D eigenvalue weighted by atomic mass is 10.3. The van der Waals surface area contributed by atoms with Crippen LogP contribution in [-0.4, -0.2) is 22.4 Å². The summed E-state index contributed by atoms with van der Waals surface area (Å²) in [7, 11) is 0. The number of aromatic nitrogens is 2. The molecular weight excluding hydrogens is 218 g/mol. The number of rotatable bonds is 2. The first kappa shape index (κ1) is 9.93. The van der Waals surface area contributed by atoms with Crippen LogP contribution in [0.2, 0.25) is 0 Å². The molecule has 0 fully saturated rings. The van der Waals surface area contributed by atoms with E-state index in [1.807, 2.05) is 0 Å². The maximum absolute atomic E-state index is 5.98. The highest BCUT2D eigenvalue weighted by molar-refractivity contribution is 7.09. The molecule has 0 unspecified atom stereocenters. The predicted molar refractivity (Wildman–Crippen MR) is 60.1 cm³/mol. The van der Waals surface area contributed by atoms with E-state index in [1.54, 1.807) is 0 Å². The van der Waals surface area contributed by atoms with Crippen LogP contribution in [0.15, 0.2) is 11.1 Å². The molecule has 1 aliphatic rings. The van der Waals surface area contributed by atoms with Gasteiger partial charge in [-0.2, -0.15) is 4.37 Å². The van der Waals surface area contributed by atoms with Crippen LogP contribution in [0, 0.1) is 0 Å². The zero-order valence-corrected chi connectivity index (χ0v) is 9.61. The third-order valence-electron chi connectivity index (χ3n) is 2.15. The molecule has 1 aromatic rings. The van der Waals surface area contributed by atoms with Gasteiger partial charge in [0.2, 0.25) is 5.13 Å². The van der Waals surface area contributed by atoms with Gasteiger partial charge in [0.1, 0.15) is 5.82 Å². The summed E-state index contributed by atoms with van der Waals surface area (Å²) in [6.45, 7) is 3.84. The first-order valence-electron chi connectivity index (χ1n) is 4.71. The number of hydrogen-bond acceptors (Lipinski definition) is 4. The van der Waals surface area contributed by atoms with E-state index in [9.17, 15) is 0 Å². The third kappa shape index (κ3) is 2.07. The topological polar surface area (TPSA) is 29.0 Å². The molecule has 0 saturated carbocycles. The Morgan fingerprint density at radius 2 is 2.50 bits per heavy atom. The van der Waals surface area contributed by atoms with Crippen molar-refractivity contribution in [3.05, 3.63) is 16.9 Å². The summed E-state index contributed by atoms with van der Waals surface area (Å²) in [5.41, 5.74) is 0. The van der Waals surface area contributed by atoms with Crippen LogP contribution in [0.25, 0.3) is 0 Å². The molecule has 0 amide bonds. The van der Waals surface area contributed by atoms with Crippen LogP contribution < -0.4 is 4.90 Å². The Kier molecular flexibility index (Phi) is 3.03. The van der Waals surface area contributed by atoms with Crippen molar-refractivity contribution in [1.29, 1.82) is 0 Å². The molecule has 3 nitrogen and oxygen atoms in total. The first-order chi connectivity index (χ1) is 6.79. The zero-order chi connectivity index (χ0) is 9.97. The van der Waals surface area contributed by atoms with Gasteiger partial charge in [0.25, 0.3) is 0 Å². The normalized spacial score (nSPS) is 17.0. The SMILES string of the molecule is CCc1nsc(N2CCC=C(Cl)C2)n1. The quantitative estimate of drug-likeness (QED) is 0.780. The Balaban J connectivity index is 2.11. The van der Waals surface area contributed by atoms with Crippen molar-refractivity contribution >= 4 is 28.3 Å². The van der Waals surface area contributed by atoms with Gasteiger partial charge in [0.05, 0.1) is 6.54 Å². The minimum atomic E-state index is 0.778. The van der Waals surface area contributed by atoms with Crippen LogP contribution in [0.3, 0.4) is 0 Å². The standard InChI is InChI=1S/C9H12ClN3S/c1-2-8-11-9(14-12-8)13-5-3-4-7(10)6-13/h4H,2-3,5-6H2,1H3. The average Bonchev–Trinajstić information content (AvgIpc) is 2.66. The fourth-order valence-corrected chi connectivity index (χ4v) is 2.41. The van der Waals surface area contributed by atoms with Gasteiger partial charge in [0.15, 0.2) is 0 Å². The Hall–Kier alpha value is -0.610. The molecule has 0 bridgehead atoms. The maximum Gasteiger partial charge on any atom is 0.205 e. The number of hydrogen-bond donors (Lipinski definition) is 0. The molecule has 0 radical (unpaired) electrons. The largest absolute Gasteiger partial charge is 0.341 e. The molecule has 5 heteroatoms. The molecule has 0 saturated heterocycles. The van der Waals surface area contributed by atoms with E-state index in [4.69, 9.17) is 11.6 Å². The average molecular weight is 230 g/mol. The van der Waals surface area contributed by atoms with Gasteiger partial charge < -0.3 is 4.90 Å². The number of halogens is 1. The second kappa shape index (κ2) is 4.28. The second-order valence-corrected chi connectivity index (χ2v) is 4.42. The van der Waals surface area contributed by atoms with Crippen LogP contribution in [0.1, 0.15) is 19.2 Å². The highest BCUT2D eigenvalue weighted by atomic mass is 35.5. The summed E-state index contributed by atoms with van der Waals surface area (Å²) in [5.74, 6) is 0.927. The Bertz CT molecular complexity index is 348. The summed E-state index contributed by atoms with van der Waals surface area (Å²) in [6, 6.07) is 0. The Morgan fingerprint density at radius 3 is 3.14 bits per heavy atom. The van der Waals surface area contributed by atoms with E-state index >= 15 is 0 Å². The maximum atomic E-state index is 5.98. The Labute approximate surface area is 92.6 Å². The van der Waals surface area contributed by atoms with Crippen LogP contribution in [0.4, 0.5) is 5.13 Å². The van der Waals surface area contributed by atoms with Crippen molar-refractivity contribution in [1.82, 2.24) is 9.36 Å². The second-order valence-electron chi connectivity index (χ2n) is 3.21. The molecule has 0 aliphatic carbocycles. The smallest absolute Gasteiger partial charge is 0.205 e. The van der Waals surface area contributed by atoms with E-state index in [1.165, 1.54) is 11.5 Å². The van der Waals surface area contributed by atoms with E-state index in [2.05, 4.69) is 27.3 Å². The van der Waals surface area contributed by atoms with Crippen molar-refractivity contribution in [3.8, 4) is 0 Å². The van der Waals surface area contributed by atoms with E-state index in [0.717, 1.165) is 41.9 Å². The summed E-state index contributed by atoms with van der Waals surface area (Å²) in [4.78, 5) is 6.61. The molecule has 0 N–H and O–H groups in total. The summed E-state index contributed by atoms with van der Waals surface area (Å²) >= 11 is 7.44. The predicted octanol–water partition coefficient (Wildman–Crippen LogP) is 2.43. The molecule has 14 heavy (non-hydrogen) atoms. The molecule has 0 atom stereocenters. The fourth-order valence-electron chi connectivity index (χ4n) is 1.38. The minimum absolute atomic E-state index is 0.778. The highest BCUT2D eigenvalue weighted by Gasteiger charge is 2.15. The van der Waals surface area contributed by atoms with Gasteiger partial charge in [-0.05, 0) is 6.42 Å².